The first kappa shape index (κ1) is 24.2. The Labute approximate surface area is 231 Å². The van der Waals surface area contributed by atoms with Crippen molar-refractivity contribution in [3.63, 3.8) is 0 Å². The summed E-state index contributed by atoms with van der Waals surface area (Å²) >= 11 is 0. The monoisotopic (exact) mass is 531 g/mol. The molecule has 0 radical (unpaired) electrons. The van der Waals surface area contributed by atoms with Gasteiger partial charge in [-0.15, -0.1) is 0 Å². The van der Waals surface area contributed by atoms with Gasteiger partial charge in [-0.1, -0.05) is 36.4 Å². The van der Waals surface area contributed by atoms with Crippen LogP contribution in [0, 0.1) is 0 Å². The van der Waals surface area contributed by atoms with Gasteiger partial charge in [0.1, 0.15) is 23.0 Å². The van der Waals surface area contributed by atoms with Gasteiger partial charge in [-0.2, -0.15) is 0 Å². The number of fused-ring (bicyclic) bond motifs is 4. The predicted octanol–water partition coefficient (Wildman–Crippen LogP) is 5.70. The van der Waals surface area contributed by atoms with Crippen LogP contribution in [0.2, 0.25) is 0 Å². The molecule has 198 valence electrons. The molecule has 1 unspecified atom stereocenters. The SMILES string of the molecule is O=C1CC(c2ccccc2OCCc2ccc3c(c2)CCO3)c2c(ccc3c2OC(=Cc2cccnc2)C3=O)O1. The van der Waals surface area contributed by atoms with E-state index in [4.69, 9.17) is 18.9 Å². The maximum Gasteiger partial charge on any atom is 0.312 e. The number of Topliss-reactive ketones (excluding diaryl/α,β-unsaturated/α-hetero) is 1. The van der Waals surface area contributed by atoms with Crippen molar-refractivity contribution in [1.82, 2.24) is 4.98 Å². The number of ketones is 1. The van der Waals surface area contributed by atoms with Crippen LogP contribution in [0.15, 0.2) is 84.9 Å². The van der Waals surface area contributed by atoms with E-state index in [0.29, 0.717) is 35.0 Å². The summed E-state index contributed by atoms with van der Waals surface area (Å²) in [6, 6.07) is 21.0. The van der Waals surface area contributed by atoms with E-state index in [2.05, 4.69) is 17.1 Å². The van der Waals surface area contributed by atoms with Gasteiger partial charge in [0, 0.05) is 42.3 Å². The van der Waals surface area contributed by atoms with Crippen molar-refractivity contribution in [2.45, 2.75) is 25.2 Å². The highest BCUT2D eigenvalue weighted by Crippen LogP contribution is 2.50. The van der Waals surface area contributed by atoms with Crippen molar-refractivity contribution in [1.29, 1.82) is 0 Å². The van der Waals surface area contributed by atoms with Crippen LogP contribution in [0.5, 0.6) is 23.0 Å². The second-order valence-electron chi connectivity index (χ2n) is 9.99. The molecule has 3 aliphatic heterocycles. The van der Waals surface area contributed by atoms with Crippen molar-refractivity contribution in [3.05, 3.63) is 118 Å². The Morgan fingerprint density at radius 3 is 2.77 bits per heavy atom. The Hall–Kier alpha value is -4.91. The van der Waals surface area contributed by atoms with Crippen molar-refractivity contribution < 1.29 is 28.5 Å². The fourth-order valence-electron chi connectivity index (χ4n) is 5.56. The number of hydrogen-bond donors (Lipinski definition) is 0. The topological polar surface area (TPSA) is 84.0 Å². The van der Waals surface area contributed by atoms with E-state index in [0.717, 1.165) is 36.3 Å². The maximum atomic E-state index is 13.3. The number of esters is 1. The first-order valence-corrected chi connectivity index (χ1v) is 13.3. The number of rotatable bonds is 6. The van der Waals surface area contributed by atoms with Gasteiger partial charge < -0.3 is 18.9 Å². The number of aromatic nitrogens is 1. The number of para-hydroxylation sites is 1. The second-order valence-corrected chi connectivity index (χ2v) is 9.99. The van der Waals surface area contributed by atoms with Gasteiger partial charge in [0.2, 0.25) is 5.78 Å². The highest BCUT2D eigenvalue weighted by Gasteiger charge is 2.39. The molecule has 0 bridgehead atoms. The van der Waals surface area contributed by atoms with Crippen molar-refractivity contribution in [2.75, 3.05) is 13.2 Å². The lowest BCUT2D eigenvalue weighted by atomic mass is 9.84. The van der Waals surface area contributed by atoms with Crippen LogP contribution < -0.4 is 18.9 Å². The molecule has 7 rings (SSSR count). The van der Waals surface area contributed by atoms with E-state index >= 15 is 0 Å². The quantitative estimate of drug-likeness (QED) is 0.179. The summed E-state index contributed by atoms with van der Waals surface area (Å²) in [6.07, 6.45) is 6.78. The number of benzene rings is 3. The third-order valence-electron chi connectivity index (χ3n) is 7.46. The van der Waals surface area contributed by atoms with Crippen LogP contribution in [-0.2, 0) is 17.6 Å². The third-order valence-corrected chi connectivity index (χ3v) is 7.46. The van der Waals surface area contributed by atoms with Gasteiger partial charge in [0.15, 0.2) is 5.76 Å². The smallest absolute Gasteiger partial charge is 0.312 e. The van der Waals surface area contributed by atoms with Crippen LogP contribution in [0.4, 0.5) is 0 Å². The first-order chi connectivity index (χ1) is 19.6. The Morgan fingerprint density at radius 2 is 1.88 bits per heavy atom. The molecule has 4 heterocycles. The minimum Gasteiger partial charge on any atom is -0.493 e. The van der Waals surface area contributed by atoms with E-state index < -0.39 is 5.92 Å². The van der Waals surface area contributed by atoms with Gasteiger partial charge in [-0.05, 0) is 53.1 Å². The van der Waals surface area contributed by atoms with E-state index in [1.54, 1.807) is 36.7 Å². The first-order valence-electron chi connectivity index (χ1n) is 13.3. The van der Waals surface area contributed by atoms with Crippen LogP contribution >= 0.6 is 0 Å². The Bertz CT molecular complexity index is 1680. The zero-order chi connectivity index (χ0) is 27.1. The minimum atomic E-state index is -0.398. The summed E-state index contributed by atoms with van der Waals surface area (Å²) < 4.78 is 23.7. The van der Waals surface area contributed by atoms with Gasteiger partial charge in [0.05, 0.1) is 25.2 Å². The highest BCUT2D eigenvalue weighted by molar-refractivity contribution is 6.15. The lowest BCUT2D eigenvalue weighted by molar-refractivity contribution is -0.135. The Morgan fingerprint density at radius 1 is 0.975 bits per heavy atom. The largest absolute Gasteiger partial charge is 0.493 e. The molecule has 3 aliphatic rings. The number of ether oxygens (including phenoxy) is 4. The molecule has 3 aromatic carbocycles. The van der Waals surface area contributed by atoms with E-state index in [-0.39, 0.29) is 23.9 Å². The van der Waals surface area contributed by atoms with Crippen molar-refractivity contribution >= 4 is 17.8 Å². The molecular weight excluding hydrogens is 506 g/mol. The Balaban J connectivity index is 1.19. The lowest BCUT2D eigenvalue weighted by Gasteiger charge is -2.27. The second kappa shape index (κ2) is 10.0. The molecule has 7 nitrogen and oxygen atoms in total. The van der Waals surface area contributed by atoms with Gasteiger partial charge in [-0.25, -0.2) is 0 Å². The maximum absolute atomic E-state index is 13.3. The summed E-state index contributed by atoms with van der Waals surface area (Å²) in [4.78, 5) is 30.0. The summed E-state index contributed by atoms with van der Waals surface area (Å²) in [5.41, 5.74) is 5.13. The molecule has 40 heavy (non-hydrogen) atoms. The fraction of sp³-hybridized carbons (Fsp3) is 0.182. The zero-order valence-electron chi connectivity index (χ0n) is 21.6. The summed E-state index contributed by atoms with van der Waals surface area (Å²) in [7, 11) is 0. The summed E-state index contributed by atoms with van der Waals surface area (Å²) in [6.45, 7) is 1.20. The van der Waals surface area contributed by atoms with E-state index in [1.165, 1.54) is 11.1 Å². The molecule has 0 spiro atoms. The van der Waals surface area contributed by atoms with Crippen molar-refractivity contribution in [3.8, 4) is 23.0 Å². The molecule has 0 saturated carbocycles. The number of hydrogen-bond acceptors (Lipinski definition) is 7. The third kappa shape index (κ3) is 4.39. The lowest BCUT2D eigenvalue weighted by Crippen LogP contribution is -2.22. The summed E-state index contributed by atoms with van der Waals surface area (Å²) in [5, 5.41) is 0. The molecular formula is C33H25NO6. The molecule has 0 N–H and O–H groups in total. The van der Waals surface area contributed by atoms with Gasteiger partial charge >= 0.3 is 5.97 Å². The fourth-order valence-corrected chi connectivity index (χ4v) is 5.56. The van der Waals surface area contributed by atoms with E-state index in [1.807, 2.05) is 36.4 Å². The molecule has 0 aliphatic carbocycles. The van der Waals surface area contributed by atoms with Crippen LogP contribution in [0.1, 0.15) is 50.5 Å². The van der Waals surface area contributed by atoms with Gasteiger partial charge in [0.25, 0.3) is 0 Å². The normalized spacial score (nSPS) is 17.9. The molecule has 1 atom stereocenters. The molecule has 1 aromatic heterocycles. The number of allylic oxidation sites excluding steroid dienone is 1. The average Bonchev–Trinajstić information content (AvgIpc) is 3.57. The number of carbonyl (C=O) groups excluding carboxylic acids is 2. The van der Waals surface area contributed by atoms with Crippen LogP contribution in [0.25, 0.3) is 6.08 Å². The Kier molecular flexibility index (Phi) is 6.04. The molecule has 0 fully saturated rings. The zero-order valence-corrected chi connectivity index (χ0v) is 21.6. The highest BCUT2D eigenvalue weighted by atomic mass is 16.5. The molecule has 4 aromatic rings. The standard InChI is InChI=1S/C33H25NO6/c35-30-18-25(23-5-1-2-6-27(23)38-14-11-20-7-9-26-22(16-20)12-15-37-26)31-28(39-30)10-8-24-32(36)29(40-33(24)31)17-21-4-3-13-34-19-21/h1-10,13,16-17,19,25H,11-12,14-15,18H2. The molecule has 0 amide bonds. The average molecular weight is 532 g/mol. The number of pyridine rings is 1. The van der Waals surface area contributed by atoms with Crippen LogP contribution in [-0.4, -0.2) is 30.0 Å². The minimum absolute atomic E-state index is 0.105. The van der Waals surface area contributed by atoms with Crippen LogP contribution in [0.3, 0.4) is 0 Å². The van der Waals surface area contributed by atoms with Gasteiger partial charge in [-0.3, -0.25) is 14.6 Å². The predicted molar refractivity (Wildman–Crippen MR) is 147 cm³/mol. The summed E-state index contributed by atoms with van der Waals surface area (Å²) in [5.74, 6) is 1.71. The molecule has 7 heteroatoms. The number of carbonyl (C=O) groups is 2. The number of nitrogens with zero attached hydrogens (tertiary/aromatic N) is 1. The van der Waals surface area contributed by atoms with E-state index in [9.17, 15) is 9.59 Å². The molecule has 0 saturated heterocycles. The van der Waals surface area contributed by atoms with Crippen molar-refractivity contribution in [2.24, 2.45) is 0 Å².